The van der Waals surface area contributed by atoms with Crippen molar-refractivity contribution in [3.05, 3.63) is 42.1 Å². The van der Waals surface area contributed by atoms with Gasteiger partial charge in [-0.25, -0.2) is 0 Å². The van der Waals surface area contributed by atoms with Crippen LogP contribution in [0.15, 0.2) is 41.6 Å². The van der Waals surface area contributed by atoms with Gasteiger partial charge in [0.1, 0.15) is 0 Å². The highest BCUT2D eigenvalue weighted by Crippen LogP contribution is 2.19. The number of hydrogen-bond donors (Lipinski definition) is 2. The molecule has 18 heavy (non-hydrogen) atoms. The lowest BCUT2D eigenvalue weighted by Crippen LogP contribution is -2.14. The number of anilines is 1. The van der Waals surface area contributed by atoms with Crippen LogP contribution in [-0.4, -0.2) is 25.7 Å². The first-order valence-electron chi connectivity index (χ1n) is 5.22. The van der Waals surface area contributed by atoms with Gasteiger partial charge in [-0.05, 0) is 12.1 Å². The Morgan fingerprint density at radius 3 is 2.78 bits per heavy atom. The number of para-hydroxylation sites is 1. The van der Waals surface area contributed by atoms with Crippen LogP contribution in [0, 0.1) is 0 Å². The summed E-state index contributed by atoms with van der Waals surface area (Å²) >= 11 is 0. The van der Waals surface area contributed by atoms with E-state index in [2.05, 4.69) is 14.9 Å². The van der Waals surface area contributed by atoms with E-state index >= 15 is 0 Å². The van der Waals surface area contributed by atoms with Crippen LogP contribution >= 0.6 is 0 Å². The van der Waals surface area contributed by atoms with Crippen LogP contribution in [-0.2, 0) is 21.4 Å². The van der Waals surface area contributed by atoms with Crippen LogP contribution in [0.5, 0.6) is 0 Å². The minimum Gasteiger partial charge on any atom is -0.380 e. The normalized spacial score (nSPS) is 11.4. The number of aromatic amines is 1. The molecule has 2 aromatic rings. The Kier molecular flexibility index (Phi) is 3.63. The second-order valence-corrected chi connectivity index (χ2v) is 5.27. The first kappa shape index (κ1) is 12.6. The SMILES string of the molecule is COCc1ccccc1NS(=O)(=O)c1ccn[nH]1. The lowest BCUT2D eigenvalue weighted by molar-refractivity contribution is 0.185. The van der Waals surface area contributed by atoms with E-state index in [0.29, 0.717) is 12.3 Å². The summed E-state index contributed by atoms with van der Waals surface area (Å²) in [7, 11) is -2.08. The summed E-state index contributed by atoms with van der Waals surface area (Å²) < 4.78 is 31.5. The molecule has 1 aromatic heterocycles. The van der Waals surface area contributed by atoms with Gasteiger partial charge in [0.15, 0.2) is 5.03 Å². The highest BCUT2D eigenvalue weighted by atomic mass is 32.2. The summed E-state index contributed by atoms with van der Waals surface area (Å²) in [5.41, 5.74) is 1.26. The van der Waals surface area contributed by atoms with Crippen molar-refractivity contribution in [2.24, 2.45) is 0 Å². The molecule has 7 heteroatoms. The van der Waals surface area contributed by atoms with Gasteiger partial charge in [-0.2, -0.15) is 13.5 Å². The Bertz CT molecular complexity index is 608. The number of ether oxygens (including phenoxy) is 1. The molecule has 6 nitrogen and oxygen atoms in total. The molecule has 0 aliphatic heterocycles. The third kappa shape index (κ3) is 2.69. The topological polar surface area (TPSA) is 84.1 Å². The number of aromatic nitrogens is 2. The molecular weight excluding hydrogens is 254 g/mol. The maximum absolute atomic E-state index is 12.0. The number of rotatable bonds is 5. The molecule has 1 aromatic carbocycles. The first-order chi connectivity index (χ1) is 8.63. The molecule has 0 saturated heterocycles. The lowest BCUT2D eigenvalue weighted by Gasteiger charge is -2.10. The Morgan fingerprint density at radius 2 is 2.11 bits per heavy atom. The van der Waals surface area contributed by atoms with E-state index in [1.807, 2.05) is 6.07 Å². The number of nitrogens with one attached hydrogen (secondary N) is 2. The number of H-pyrrole nitrogens is 1. The molecule has 0 bridgehead atoms. The summed E-state index contributed by atoms with van der Waals surface area (Å²) in [6.07, 6.45) is 1.38. The van der Waals surface area contributed by atoms with Crippen LogP contribution in [0.4, 0.5) is 5.69 Å². The van der Waals surface area contributed by atoms with Gasteiger partial charge in [-0.1, -0.05) is 18.2 Å². The van der Waals surface area contributed by atoms with Gasteiger partial charge < -0.3 is 4.74 Å². The largest absolute Gasteiger partial charge is 0.380 e. The molecular formula is C11H13N3O3S. The van der Waals surface area contributed by atoms with Crippen molar-refractivity contribution in [3.8, 4) is 0 Å². The van der Waals surface area contributed by atoms with Gasteiger partial charge in [-0.15, -0.1) is 0 Å². The number of hydrogen-bond acceptors (Lipinski definition) is 4. The van der Waals surface area contributed by atoms with Crippen molar-refractivity contribution in [1.29, 1.82) is 0 Å². The molecule has 0 unspecified atom stereocenters. The Balaban J connectivity index is 2.29. The van der Waals surface area contributed by atoms with Crippen molar-refractivity contribution in [1.82, 2.24) is 10.2 Å². The van der Waals surface area contributed by atoms with Crippen molar-refractivity contribution < 1.29 is 13.2 Å². The van der Waals surface area contributed by atoms with Gasteiger partial charge in [0, 0.05) is 12.7 Å². The highest BCUT2D eigenvalue weighted by molar-refractivity contribution is 7.92. The van der Waals surface area contributed by atoms with Crippen molar-refractivity contribution >= 4 is 15.7 Å². The zero-order chi connectivity index (χ0) is 13.0. The minimum absolute atomic E-state index is 0.0229. The van der Waals surface area contributed by atoms with Gasteiger partial charge in [0.05, 0.1) is 18.5 Å². The summed E-state index contributed by atoms with van der Waals surface area (Å²) in [5.74, 6) is 0. The first-order valence-corrected chi connectivity index (χ1v) is 6.71. The van der Waals surface area contributed by atoms with E-state index in [1.54, 1.807) is 25.3 Å². The second-order valence-electron chi connectivity index (χ2n) is 3.62. The Labute approximate surface area is 105 Å². The number of sulfonamides is 1. The monoisotopic (exact) mass is 267 g/mol. The molecule has 2 rings (SSSR count). The molecule has 0 aliphatic rings. The van der Waals surface area contributed by atoms with Crippen molar-refractivity contribution in [3.63, 3.8) is 0 Å². The predicted molar refractivity (Wildman–Crippen MR) is 66.6 cm³/mol. The summed E-state index contributed by atoms with van der Waals surface area (Å²) in [6.45, 7) is 0.335. The van der Waals surface area contributed by atoms with E-state index in [9.17, 15) is 8.42 Å². The molecule has 0 fully saturated rings. The molecule has 0 amide bonds. The fraction of sp³-hybridized carbons (Fsp3) is 0.182. The average molecular weight is 267 g/mol. The van der Waals surface area contributed by atoms with Crippen molar-refractivity contribution in [2.75, 3.05) is 11.8 Å². The molecule has 1 heterocycles. The Morgan fingerprint density at radius 1 is 1.33 bits per heavy atom. The van der Waals surface area contributed by atoms with Crippen LogP contribution in [0.1, 0.15) is 5.56 Å². The van der Waals surface area contributed by atoms with E-state index in [0.717, 1.165) is 5.56 Å². The standard InChI is InChI=1S/C11H13N3O3S/c1-17-8-9-4-2-3-5-10(9)14-18(15,16)11-6-7-12-13-11/h2-7,14H,8H2,1H3,(H,12,13). The second kappa shape index (κ2) is 5.19. The molecule has 0 aliphatic carbocycles. The quantitative estimate of drug-likeness (QED) is 0.856. The molecule has 0 atom stereocenters. The summed E-state index contributed by atoms with van der Waals surface area (Å²) in [6, 6.07) is 8.45. The van der Waals surface area contributed by atoms with E-state index in [4.69, 9.17) is 4.74 Å². The summed E-state index contributed by atoms with van der Waals surface area (Å²) in [5, 5.41) is 6.06. The predicted octanol–water partition coefficient (Wildman–Crippen LogP) is 1.36. The molecule has 96 valence electrons. The third-order valence-corrected chi connectivity index (χ3v) is 3.62. The molecule has 2 N–H and O–H groups in total. The van der Waals surface area contributed by atoms with E-state index < -0.39 is 10.0 Å². The fourth-order valence-corrected chi connectivity index (χ4v) is 2.51. The van der Waals surface area contributed by atoms with Crippen LogP contribution < -0.4 is 4.72 Å². The highest BCUT2D eigenvalue weighted by Gasteiger charge is 2.16. The lowest BCUT2D eigenvalue weighted by atomic mass is 10.2. The molecule has 0 radical (unpaired) electrons. The van der Waals surface area contributed by atoms with Crippen molar-refractivity contribution in [2.45, 2.75) is 11.6 Å². The Hall–Kier alpha value is -1.86. The van der Waals surface area contributed by atoms with Crippen LogP contribution in [0.3, 0.4) is 0 Å². The van der Waals surface area contributed by atoms with E-state index in [-0.39, 0.29) is 5.03 Å². The number of methoxy groups -OCH3 is 1. The average Bonchev–Trinajstić information content (AvgIpc) is 2.86. The van der Waals surface area contributed by atoms with Gasteiger partial charge in [0.25, 0.3) is 10.0 Å². The number of benzene rings is 1. The number of nitrogens with zero attached hydrogens (tertiary/aromatic N) is 1. The van der Waals surface area contributed by atoms with Crippen LogP contribution in [0.25, 0.3) is 0 Å². The van der Waals surface area contributed by atoms with Gasteiger partial charge in [-0.3, -0.25) is 9.82 Å². The zero-order valence-corrected chi connectivity index (χ0v) is 10.6. The van der Waals surface area contributed by atoms with E-state index in [1.165, 1.54) is 12.3 Å². The minimum atomic E-state index is -3.63. The maximum atomic E-state index is 12.0. The fourth-order valence-electron chi connectivity index (χ4n) is 1.49. The maximum Gasteiger partial charge on any atom is 0.278 e. The molecule has 0 spiro atoms. The molecule has 0 saturated carbocycles. The van der Waals surface area contributed by atoms with Crippen LogP contribution in [0.2, 0.25) is 0 Å². The van der Waals surface area contributed by atoms with Gasteiger partial charge >= 0.3 is 0 Å². The van der Waals surface area contributed by atoms with Gasteiger partial charge in [0.2, 0.25) is 0 Å². The zero-order valence-electron chi connectivity index (χ0n) is 9.75. The smallest absolute Gasteiger partial charge is 0.278 e. The third-order valence-electron chi connectivity index (χ3n) is 2.33. The summed E-state index contributed by atoms with van der Waals surface area (Å²) in [4.78, 5) is 0.